The number of methoxy groups -OCH3 is 1. The van der Waals surface area contributed by atoms with Gasteiger partial charge in [-0.15, -0.1) is 0 Å². The van der Waals surface area contributed by atoms with Crippen LogP contribution in [0.2, 0.25) is 0 Å². The zero-order valence-corrected chi connectivity index (χ0v) is 11.7. The number of nitrogens with two attached hydrogens (primary N) is 1. The molecule has 17 heavy (non-hydrogen) atoms. The Morgan fingerprint density at radius 3 is 2.35 bits per heavy atom. The molecule has 0 heterocycles. The molecular formula is C15H25NO. The van der Waals surface area contributed by atoms with Gasteiger partial charge >= 0.3 is 0 Å². The molecule has 1 aromatic carbocycles. The van der Waals surface area contributed by atoms with E-state index in [9.17, 15) is 0 Å². The Morgan fingerprint density at radius 2 is 1.82 bits per heavy atom. The minimum atomic E-state index is -0.163. The van der Waals surface area contributed by atoms with Crippen molar-refractivity contribution < 1.29 is 4.74 Å². The Labute approximate surface area is 105 Å². The molecular weight excluding hydrogens is 210 g/mol. The molecule has 0 unspecified atom stereocenters. The molecule has 0 saturated carbocycles. The molecule has 0 aliphatic rings. The van der Waals surface area contributed by atoms with Crippen LogP contribution in [0.4, 0.5) is 0 Å². The van der Waals surface area contributed by atoms with E-state index in [0.29, 0.717) is 0 Å². The van der Waals surface area contributed by atoms with Crippen molar-refractivity contribution in [2.24, 2.45) is 5.73 Å². The Balaban J connectivity index is 2.93. The maximum absolute atomic E-state index is 6.06. The van der Waals surface area contributed by atoms with E-state index in [-0.39, 0.29) is 11.0 Å². The third-order valence-electron chi connectivity index (χ3n) is 2.87. The average Bonchev–Trinajstić information content (AvgIpc) is 2.15. The van der Waals surface area contributed by atoms with Crippen LogP contribution in [0.15, 0.2) is 24.3 Å². The van der Waals surface area contributed by atoms with Gasteiger partial charge in [-0.3, -0.25) is 0 Å². The van der Waals surface area contributed by atoms with Crippen molar-refractivity contribution in [3.05, 3.63) is 35.4 Å². The summed E-state index contributed by atoms with van der Waals surface area (Å²) in [7, 11) is 1.74. The predicted molar refractivity (Wildman–Crippen MR) is 73.3 cm³/mol. The molecule has 0 bridgehead atoms. The van der Waals surface area contributed by atoms with Crippen molar-refractivity contribution in [3.63, 3.8) is 0 Å². The minimum Gasteiger partial charge on any atom is -0.384 e. The molecule has 0 amide bonds. The van der Waals surface area contributed by atoms with Gasteiger partial charge in [0.1, 0.15) is 0 Å². The van der Waals surface area contributed by atoms with Crippen LogP contribution in [-0.2, 0) is 16.6 Å². The van der Waals surface area contributed by atoms with E-state index in [2.05, 4.69) is 52.0 Å². The standard InChI is InChI=1S/C15H25NO/c1-14(2,11-17-5)13-8-6-7-12(9-13)10-15(3,4)16/h6-9H,10-11,16H2,1-5H3. The molecule has 1 aromatic rings. The van der Waals surface area contributed by atoms with Crippen molar-refractivity contribution in [2.75, 3.05) is 13.7 Å². The van der Waals surface area contributed by atoms with E-state index in [1.807, 2.05) is 0 Å². The summed E-state index contributed by atoms with van der Waals surface area (Å²) in [6, 6.07) is 8.65. The smallest absolute Gasteiger partial charge is 0.0553 e. The molecule has 96 valence electrons. The number of benzene rings is 1. The highest BCUT2D eigenvalue weighted by Crippen LogP contribution is 2.25. The first-order chi connectivity index (χ1) is 7.74. The molecule has 0 atom stereocenters. The molecule has 0 spiro atoms. The van der Waals surface area contributed by atoms with Crippen LogP contribution < -0.4 is 5.73 Å². The molecule has 1 rings (SSSR count). The van der Waals surface area contributed by atoms with E-state index < -0.39 is 0 Å². The van der Waals surface area contributed by atoms with Crippen LogP contribution >= 0.6 is 0 Å². The number of hydrogen-bond donors (Lipinski definition) is 1. The van der Waals surface area contributed by atoms with Gasteiger partial charge in [0.25, 0.3) is 0 Å². The zero-order valence-electron chi connectivity index (χ0n) is 11.7. The van der Waals surface area contributed by atoms with Crippen molar-refractivity contribution in [2.45, 2.75) is 45.1 Å². The van der Waals surface area contributed by atoms with Gasteiger partial charge in [0.15, 0.2) is 0 Å². The minimum absolute atomic E-state index is 0.0451. The van der Waals surface area contributed by atoms with Gasteiger partial charge < -0.3 is 10.5 Å². The largest absolute Gasteiger partial charge is 0.384 e. The molecule has 2 heteroatoms. The fourth-order valence-corrected chi connectivity index (χ4v) is 2.07. The monoisotopic (exact) mass is 235 g/mol. The molecule has 2 N–H and O–H groups in total. The summed E-state index contributed by atoms with van der Waals surface area (Å²) in [5, 5.41) is 0. The Bertz CT molecular complexity index is 363. The highest BCUT2D eigenvalue weighted by atomic mass is 16.5. The highest BCUT2D eigenvalue weighted by molar-refractivity contribution is 5.30. The van der Waals surface area contributed by atoms with Gasteiger partial charge in [-0.1, -0.05) is 38.1 Å². The van der Waals surface area contributed by atoms with E-state index in [0.717, 1.165) is 13.0 Å². The van der Waals surface area contributed by atoms with E-state index in [4.69, 9.17) is 10.5 Å². The first kappa shape index (κ1) is 14.2. The van der Waals surface area contributed by atoms with Crippen molar-refractivity contribution in [1.29, 1.82) is 0 Å². The summed E-state index contributed by atoms with van der Waals surface area (Å²) in [5.41, 5.74) is 8.54. The lowest BCUT2D eigenvalue weighted by Crippen LogP contribution is -2.34. The summed E-state index contributed by atoms with van der Waals surface area (Å²) in [6.07, 6.45) is 0.893. The average molecular weight is 235 g/mol. The van der Waals surface area contributed by atoms with Gasteiger partial charge in [0.2, 0.25) is 0 Å². The van der Waals surface area contributed by atoms with Crippen molar-refractivity contribution >= 4 is 0 Å². The van der Waals surface area contributed by atoms with E-state index >= 15 is 0 Å². The van der Waals surface area contributed by atoms with Crippen LogP contribution in [0.3, 0.4) is 0 Å². The second-order valence-electron chi connectivity index (χ2n) is 6.18. The molecule has 0 aliphatic heterocycles. The summed E-state index contributed by atoms with van der Waals surface area (Å²) in [6.45, 7) is 9.23. The second-order valence-corrected chi connectivity index (χ2v) is 6.18. The molecule has 0 aromatic heterocycles. The van der Waals surface area contributed by atoms with Gasteiger partial charge in [-0.05, 0) is 31.4 Å². The second kappa shape index (κ2) is 5.19. The van der Waals surface area contributed by atoms with Gasteiger partial charge in [0.05, 0.1) is 6.61 Å². The van der Waals surface area contributed by atoms with Crippen LogP contribution in [0, 0.1) is 0 Å². The number of hydrogen-bond acceptors (Lipinski definition) is 2. The van der Waals surface area contributed by atoms with Crippen LogP contribution in [0.1, 0.15) is 38.8 Å². The predicted octanol–water partition coefficient (Wildman–Crippen LogP) is 2.89. The maximum Gasteiger partial charge on any atom is 0.0553 e. The van der Waals surface area contributed by atoms with Crippen molar-refractivity contribution in [3.8, 4) is 0 Å². The summed E-state index contributed by atoms with van der Waals surface area (Å²) in [5.74, 6) is 0. The highest BCUT2D eigenvalue weighted by Gasteiger charge is 2.21. The fourth-order valence-electron chi connectivity index (χ4n) is 2.07. The van der Waals surface area contributed by atoms with Gasteiger partial charge in [-0.25, -0.2) is 0 Å². The molecule has 0 radical (unpaired) electrons. The van der Waals surface area contributed by atoms with Crippen LogP contribution in [-0.4, -0.2) is 19.3 Å². The van der Waals surface area contributed by atoms with Crippen LogP contribution in [0.25, 0.3) is 0 Å². The Kier molecular flexibility index (Phi) is 4.34. The Morgan fingerprint density at radius 1 is 1.18 bits per heavy atom. The van der Waals surface area contributed by atoms with Gasteiger partial charge in [0, 0.05) is 18.1 Å². The normalized spacial score (nSPS) is 12.8. The molecule has 2 nitrogen and oxygen atoms in total. The lowest BCUT2D eigenvalue weighted by Gasteiger charge is -2.26. The Hall–Kier alpha value is -0.860. The van der Waals surface area contributed by atoms with E-state index in [1.54, 1.807) is 7.11 Å². The van der Waals surface area contributed by atoms with Gasteiger partial charge in [-0.2, -0.15) is 0 Å². The topological polar surface area (TPSA) is 35.2 Å². The lowest BCUT2D eigenvalue weighted by atomic mass is 9.83. The van der Waals surface area contributed by atoms with E-state index in [1.165, 1.54) is 11.1 Å². The third-order valence-corrected chi connectivity index (χ3v) is 2.87. The third kappa shape index (κ3) is 4.49. The summed E-state index contributed by atoms with van der Waals surface area (Å²) < 4.78 is 5.28. The van der Waals surface area contributed by atoms with Crippen LogP contribution in [0.5, 0.6) is 0 Å². The fraction of sp³-hybridized carbons (Fsp3) is 0.600. The number of ether oxygens (including phenoxy) is 1. The molecule has 0 fully saturated rings. The molecule has 0 saturated heterocycles. The zero-order chi connectivity index (χ0) is 13.1. The maximum atomic E-state index is 6.06. The number of rotatable bonds is 5. The quantitative estimate of drug-likeness (QED) is 0.851. The molecule has 0 aliphatic carbocycles. The first-order valence-corrected chi connectivity index (χ1v) is 6.12. The summed E-state index contributed by atoms with van der Waals surface area (Å²) >= 11 is 0. The summed E-state index contributed by atoms with van der Waals surface area (Å²) in [4.78, 5) is 0. The lowest BCUT2D eigenvalue weighted by molar-refractivity contribution is 0.146. The van der Waals surface area contributed by atoms with Crippen molar-refractivity contribution in [1.82, 2.24) is 0 Å². The first-order valence-electron chi connectivity index (χ1n) is 6.12. The SMILES string of the molecule is COCC(C)(C)c1cccc(CC(C)(C)N)c1.